The highest BCUT2D eigenvalue weighted by Crippen LogP contribution is 2.28. The number of carboxylic acid groups (broad SMARTS) is 1. The van der Waals surface area contributed by atoms with E-state index in [0.29, 0.717) is 18.7 Å². The van der Waals surface area contributed by atoms with Gasteiger partial charge in [0.25, 0.3) is 0 Å². The summed E-state index contributed by atoms with van der Waals surface area (Å²) >= 11 is 1.10. The number of carbonyl (C=O) groups excluding carboxylic acids is 2. The fraction of sp³-hybridized carbons (Fsp3) is 0.824. The van der Waals surface area contributed by atoms with Crippen LogP contribution in [0.1, 0.15) is 52.4 Å². The average molecular weight is 357 g/mol. The number of carboxylic acids is 1. The Labute approximate surface area is 147 Å². The molecule has 1 saturated heterocycles. The highest BCUT2D eigenvalue weighted by Gasteiger charge is 2.42. The molecule has 1 aliphatic heterocycles. The molecule has 1 heterocycles. The minimum Gasteiger partial charge on any atom is -0.480 e. The molecule has 0 aromatic heterocycles. The Balaban J connectivity index is 1.94. The summed E-state index contributed by atoms with van der Waals surface area (Å²) in [4.78, 5) is 36.6. The maximum Gasteiger partial charge on any atom is 0.326 e. The van der Waals surface area contributed by atoms with E-state index in [1.807, 2.05) is 0 Å². The van der Waals surface area contributed by atoms with Crippen molar-refractivity contribution in [2.24, 2.45) is 5.92 Å². The third-order valence-electron chi connectivity index (χ3n) is 4.73. The molecule has 1 amide bonds. The van der Waals surface area contributed by atoms with Crippen LogP contribution in [0.5, 0.6) is 0 Å². The first-order valence-electron chi connectivity index (χ1n) is 8.70. The Morgan fingerprint density at radius 1 is 1.21 bits per heavy atom. The molecule has 1 saturated carbocycles. The maximum absolute atomic E-state index is 12.6. The first-order chi connectivity index (χ1) is 11.4. The molecule has 0 bridgehead atoms. The van der Waals surface area contributed by atoms with Crippen LogP contribution in [0.15, 0.2) is 0 Å². The van der Waals surface area contributed by atoms with Gasteiger partial charge in [-0.2, -0.15) is 0 Å². The lowest BCUT2D eigenvalue weighted by Crippen LogP contribution is -2.43. The second kappa shape index (κ2) is 8.85. The van der Waals surface area contributed by atoms with Crippen LogP contribution < -0.4 is 0 Å². The zero-order valence-corrected chi connectivity index (χ0v) is 15.2. The SMILES string of the molecule is CC(=O)SCC(C)C(=O)N1C[C@H](OC2CCCCC2)C[C@H]1C(=O)O. The molecule has 136 valence electrons. The fourth-order valence-corrected chi connectivity index (χ4v) is 4.07. The van der Waals surface area contributed by atoms with Crippen LogP contribution in [-0.4, -0.2) is 57.5 Å². The van der Waals surface area contributed by atoms with E-state index < -0.39 is 12.0 Å². The van der Waals surface area contributed by atoms with Crippen molar-refractivity contribution in [2.45, 2.75) is 70.6 Å². The van der Waals surface area contributed by atoms with E-state index >= 15 is 0 Å². The van der Waals surface area contributed by atoms with E-state index in [0.717, 1.165) is 37.4 Å². The number of rotatable bonds is 6. The summed E-state index contributed by atoms with van der Waals surface area (Å²) in [7, 11) is 0. The van der Waals surface area contributed by atoms with Gasteiger partial charge in [0.1, 0.15) is 6.04 Å². The first-order valence-corrected chi connectivity index (χ1v) is 9.69. The molecule has 1 N–H and O–H groups in total. The van der Waals surface area contributed by atoms with Crippen LogP contribution in [0.4, 0.5) is 0 Å². The van der Waals surface area contributed by atoms with Crippen molar-refractivity contribution < 1.29 is 24.2 Å². The molecule has 1 aliphatic carbocycles. The predicted octanol–water partition coefficient (Wildman–Crippen LogP) is 2.31. The van der Waals surface area contributed by atoms with E-state index in [9.17, 15) is 19.5 Å². The van der Waals surface area contributed by atoms with Crippen LogP contribution in [0.3, 0.4) is 0 Å². The molecule has 2 rings (SSSR count). The normalized spacial score (nSPS) is 26.3. The molecule has 24 heavy (non-hydrogen) atoms. The third-order valence-corrected chi connectivity index (χ3v) is 5.80. The molecular formula is C17H27NO5S. The average Bonchev–Trinajstić information content (AvgIpc) is 2.96. The quantitative estimate of drug-likeness (QED) is 0.785. The molecule has 6 nitrogen and oxygen atoms in total. The van der Waals surface area contributed by atoms with Gasteiger partial charge in [0.15, 0.2) is 5.12 Å². The van der Waals surface area contributed by atoms with Gasteiger partial charge in [-0.1, -0.05) is 37.9 Å². The standard InChI is InChI=1S/C17H27NO5S/c1-11(10-24-12(2)19)16(20)18-9-14(8-15(18)17(21)22)23-13-6-4-3-5-7-13/h11,13-15H,3-10H2,1-2H3,(H,21,22)/t11?,14-,15+/m1/s1. The summed E-state index contributed by atoms with van der Waals surface area (Å²) in [5.41, 5.74) is 0. The Morgan fingerprint density at radius 3 is 2.46 bits per heavy atom. The first kappa shape index (κ1) is 19.2. The van der Waals surface area contributed by atoms with Crippen LogP contribution >= 0.6 is 11.8 Å². The fourth-order valence-electron chi connectivity index (χ4n) is 3.44. The van der Waals surface area contributed by atoms with Crippen molar-refractivity contribution in [3.8, 4) is 0 Å². The molecular weight excluding hydrogens is 330 g/mol. The Hall–Kier alpha value is -1.08. The van der Waals surface area contributed by atoms with Gasteiger partial charge in [-0.25, -0.2) is 4.79 Å². The van der Waals surface area contributed by atoms with E-state index in [1.165, 1.54) is 18.2 Å². The lowest BCUT2D eigenvalue weighted by molar-refractivity contribution is -0.149. The van der Waals surface area contributed by atoms with Crippen molar-refractivity contribution in [2.75, 3.05) is 12.3 Å². The number of ether oxygens (including phenoxy) is 1. The van der Waals surface area contributed by atoms with E-state index in [-0.39, 0.29) is 29.1 Å². The molecule has 2 aliphatic rings. The van der Waals surface area contributed by atoms with E-state index in [2.05, 4.69) is 0 Å². The molecule has 7 heteroatoms. The second-order valence-corrected chi connectivity index (χ2v) is 8.00. The van der Waals surface area contributed by atoms with Gasteiger partial charge >= 0.3 is 5.97 Å². The van der Waals surface area contributed by atoms with Gasteiger partial charge in [-0.05, 0) is 12.8 Å². The number of amides is 1. The van der Waals surface area contributed by atoms with Gasteiger partial charge in [-0.15, -0.1) is 0 Å². The Bertz CT molecular complexity index is 478. The smallest absolute Gasteiger partial charge is 0.326 e. The van der Waals surface area contributed by atoms with Crippen LogP contribution in [0.2, 0.25) is 0 Å². The van der Waals surface area contributed by atoms with Crippen molar-refractivity contribution >= 4 is 28.8 Å². The molecule has 2 fully saturated rings. The number of likely N-dealkylation sites (tertiary alicyclic amines) is 1. The van der Waals surface area contributed by atoms with Gasteiger partial charge in [0.05, 0.1) is 12.2 Å². The number of thioether (sulfide) groups is 1. The number of aliphatic carboxylic acids is 1. The molecule has 0 aromatic carbocycles. The zero-order valence-electron chi connectivity index (χ0n) is 14.4. The third kappa shape index (κ3) is 5.21. The van der Waals surface area contributed by atoms with Gasteiger partial charge in [0.2, 0.25) is 5.91 Å². The summed E-state index contributed by atoms with van der Waals surface area (Å²) in [5.74, 6) is -1.19. The Morgan fingerprint density at radius 2 is 1.88 bits per heavy atom. The van der Waals surface area contributed by atoms with Crippen LogP contribution in [-0.2, 0) is 19.1 Å². The lowest BCUT2D eigenvalue weighted by atomic mass is 9.97. The molecule has 0 aromatic rings. The van der Waals surface area contributed by atoms with Crippen LogP contribution in [0.25, 0.3) is 0 Å². The summed E-state index contributed by atoms with van der Waals surface area (Å²) in [6.45, 7) is 3.54. The molecule has 1 unspecified atom stereocenters. The van der Waals surface area contributed by atoms with Gasteiger partial charge in [-0.3, -0.25) is 9.59 Å². The minimum atomic E-state index is -0.982. The van der Waals surface area contributed by atoms with Crippen molar-refractivity contribution in [1.29, 1.82) is 0 Å². The largest absolute Gasteiger partial charge is 0.480 e. The number of nitrogens with zero attached hydrogens (tertiary/aromatic N) is 1. The van der Waals surface area contributed by atoms with E-state index in [4.69, 9.17) is 4.74 Å². The zero-order chi connectivity index (χ0) is 17.7. The van der Waals surface area contributed by atoms with Crippen molar-refractivity contribution in [1.82, 2.24) is 4.90 Å². The Kier molecular flexibility index (Phi) is 7.10. The predicted molar refractivity (Wildman–Crippen MR) is 91.8 cm³/mol. The lowest BCUT2D eigenvalue weighted by Gasteiger charge is -2.26. The second-order valence-electron chi connectivity index (χ2n) is 6.80. The van der Waals surface area contributed by atoms with Crippen molar-refractivity contribution in [3.63, 3.8) is 0 Å². The minimum absolute atomic E-state index is 0.0376. The summed E-state index contributed by atoms with van der Waals surface area (Å²) in [6.07, 6.45) is 5.93. The molecule has 0 radical (unpaired) electrons. The van der Waals surface area contributed by atoms with Gasteiger partial charge < -0.3 is 14.7 Å². The topological polar surface area (TPSA) is 83.9 Å². The van der Waals surface area contributed by atoms with E-state index in [1.54, 1.807) is 6.92 Å². The maximum atomic E-state index is 12.6. The molecule has 3 atom stereocenters. The number of carbonyl (C=O) groups is 3. The highest BCUT2D eigenvalue weighted by atomic mass is 32.2. The molecule has 0 spiro atoms. The monoisotopic (exact) mass is 357 g/mol. The number of hydrogen-bond donors (Lipinski definition) is 1. The van der Waals surface area contributed by atoms with Crippen molar-refractivity contribution in [3.05, 3.63) is 0 Å². The summed E-state index contributed by atoms with van der Waals surface area (Å²) in [6, 6.07) is -0.823. The summed E-state index contributed by atoms with van der Waals surface area (Å²) < 4.78 is 6.07. The highest BCUT2D eigenvalue weighted by molar-refractivity contribution is 8.13. The van der Waals surface area contributed by atoms with Crippen LogP contribution in [0, 0.1) is 5.92 Å². The number of hydrogen-bond acceptors (Lipinski definition) is 5. The summed E-state index contributed by atoms with van der Waals surface area (Å²) in [5, 5.41) is 9.41. The van der Waals surface area contributed by atoms with Gasteiger partial charge in [0, 0.05) is 31.6 Å².